The van der Waals surface area contributed by atoms with Crippen LogP contribution in [0.25, 0.3) is 0 Å². The van der Waals surface area contributed by atoms with Crippen molar-refractivity contribution >= 4 is 0 Å². The molecule has 13 heavy (non-hydrogen) atoms. The predicted molar refractivity (Wildman–Crippen MR) is 59.9 cm³/mol. The van der Waals surface area contributed by atoms with Crippen molar-refractivity contribution in [2.24, 2.45) is 5.73 Å². The van der Waals surface area contributed by atoms with Gasteiger partial charge >= 0.3 is 0 Å². The summed E-state index contributed by atoms with van der Waals surface area (Å²) in [6.07, 6.45) is 4.83. The van der Waals surface area contributed by atoms with E-state index < -0.39 is 0 Å². The van der Waals surface area contributed by atoms with Crippen molar-refractivity contribution in [1.29, 1.82) is 0 Å². The minimum Gasteiger partial charge on any atom is -0.330 e. The van der Waals surface area contributed by atoms with Crippen molar-refractivity contribution in [2.45, 2.75) is 58.5 Å². The van der Waals surface area contributed by atoms with Gasteiger partial charge in [-0.3, -0.25) is 0 Å². The second-order valence-electron chi connectivity index (χ2n) is 3.78. The molecule has 1 atom stereocenters. The van der Waals surface area contributed by atoms with Crippen LogP contribution in [0.2, 0.25) is 0 Å². The number of rotatable bonds is 7. The maximum Gasteiger partial charge on any atom is 0.0104 e. The van der Waals surface area contributed by atoms with E-state index in [0.717, 1.165) is 19.0 Å². The van der Waals surface area contributed by atoms with E-state index in [-0.39, 0.29) is 0 Å². The third kappa shape index (κ3) is 4.10. The largest absolute Gasteiger partial charge is 0.330 e. The predicted octanol–water partition coefficient (Wildman–Crippen LogP) is 2.23. The van der Waals surface area contributed by atoms with Gasteiger partial charge in [0.25, 0.3) is 0 Å². The maximum atomic E-state index is 5.60. The molecule has 0 bridgehead atoms. The van der Waals surface area contributed by atoms with E-state index in [2.05, 4.69) is 32.7 Å². The van der Waals surface area contributed by atoms with E-state index in [1.54, 1.807) is 0 Å². The van der Waals surface area contributed by atoms with Crippen molar-refractivity contribution in [1.82, 2.24) is 4.90 Å². The highest BCUT2D eigenvalue weighted by atomic mass is 15.2. The first-order chi connectivity index (χ1) is 6.21. The molecule has 2 heteroatoms. The molecule has 0 aromatic rings. The zero-order valence-electron chi connectivity index (χ0n) is 9.71. The molecule has 0 rings (SSSR count). The highest BCUT2D eigenvalue weighted by Gasteiger charge is 2.17. The smallest absolute Gasteiger partial charge is 0.0104 e. The lowest BCUT2D eigenvalue weighted by Gasteiger charge is -2.33. The van der Waals surface area contributed by atoms with Crippen LogP contribution in [0, 0.1) is 0 Å². The molecule has 0 saturated heterocycles. The quantitative estimate of drug-likeness (QED) is 0.660. The second kappa shape index (κ2) is 7.34. The fourth-order valence-electron chi connectivity index (χ4n) is 2.05. The first-order valence-electron chi connectivity index (χ1n) is 5.63. The van der Waals surface area contributed by atoms with E-state index in [1.807, 2.05) is 0 Å². The molecule has 0 amide bonds. The van der Waals surface area contributed by atoms with Gasteiger partial charge in [0.2, 0.25) is 0 Å². The third-order valence-electron chi connectivity index (χ3n) is 3.07. The molecule has 0 aliphatic carbocycles. The summed E-state index contributed by atoms with van der Waals surface area (Å²) in [5.41, 5.74) is 5.60. The summed E-state index contributed by atoms with van der Waals surface area (Å²) in [7, 11) is 2.24. The average molecular weight is 186 g/mol. The molecule has 0 radical (unpaired) electrons. The van der Waals surface area contributed by atoms with Crippen LogP contribution in [0.3, 0.4) is 0 Å². The van der Waals surface area contributed by atoms with Gasteiger partial charge in [-0.1, -0.05) is 20.8 Å². The highest BCUT2D eigenvalue weighted by molar-refractivity contribution is 4.74. The zero-order chi connectivity index (χ0) is 10.3. The number of hydrogen-bond donors (Lipinski definition) is 1. The lowest BCUT2D eigenvalue weighted by Crippen LogP contribution is -2.40. The SMILES string of the molecule is CCC(CC)N(C)C(CC)CCN. The molecule has 0 aliphatic heterocycles. The monoisotopic (exact) mass is 186 g/mol. The van der Waals surface area contributed by atoms with Gasteiger partial charge in [0, 0.05) is 12.1 Å². The Labute approximate surface area is 83.5 Å². The molecule has 0 spiro atoms. The first-order valence-corrected chi connectivity index (χ1v) is 5.63. The van der Waals surface area contributed by atoms with Crippen LogP contribution in [0.15, 0.2) is 0 Å². The molecule has 0 aliphatic rings. The van der Waals surface area contributed by atoms with Crippen LogP contribution in [-0.4, -0.2) is 30.6 Å². The van der Waals surface area contributed by atoms with Gasteiger partial charge in [0.1, 0.15) is 0 Å². The molecule has 0 saturated carbocycles. The van der Waals surface area contributed by atoms with Gasteiger partial charge < -0.3 is 10.6 Å². The molecule has 0 heterocycles. The van der Waals surface area contributed by atoms with Crippen molar-refractivity contribution in [3.8, 4) is 0 Å². The average Bonchev–Trinajstić information content (AvgIpc) is 2.15. The van der Waals surface area contributed by atoms with Crippen molar-refractivity contribution in [2.75, 3.05) is 13.6 Å². The maximum absolute atomic E-state index is 5.60. The number of hydrogen-bond acceptors (Lipinski definition) is 2. The van der Waals surface area contributed by atoms with Crippen LogP contribution < -0.4 is 5.73 Å². The van der Waals surface area contributed by atoms with Crippen molar-refractivity contribution in [3.63, 3.8) is 0 Å². The van der Waals surface area contributed by atoms with Crippen LogP contribution in [-0.2, 0) is 0 Å². The number of nitrogens with zero attached hydrogens (tertiary/aromatic N) is 1. The third-order valence-corrected chi connectivity index (χ3v) is 3.07. The lowest BCUT2D eigenvalue weighted by atomic mass is 10.0. The Morgan fingerprint density at radius 3 is 1.77 bits per heavy atom. The van der Waals surface area contributed by atoms with Crippen LogP contribution in [0.4, 0.5) is 0 Å². The Balaban J connectivity index is 4.07. The number of nitrogens with two attached hydrogens (primary N) is 1. The van der Waals surface area contributed by atoms with Crippen LogP contribution in [0.5, 0.6) is 0 Å². The zero-order valence-corrected chi connectivity index (χ0v) is 9.71. The second-order valence-corrected chi connectivity index (χ2v) is 3.78. The summed E-state index contributed by atoms with van der Waals surface area (Å²) in [6.45, 7) is 7.59. The van der Waals surface area contributed by atoms with Crippen molar-refractivity contribution < 1.29 is 0 Å². The summed E-state index contributed by atoms with van der Waals surface area (Å²) in [4.78, 5) is 2.51. The summed E-state index contributed by atoms with van der Waals surface area (Å²) < 4.78 is 0. The van der Waals surface area contributed by atoms with Crippen LogP contribution >= 0.6 is 0 Å². The van der Waals surface area contributed by atoms with E-state index >= 15 is 0 Å². The van der Waals surface area contributed by atoms with Gasteiger partial charge in [-0.05, 0) is 39.3 Å². The molecular weight excluding hydrogens is 160 g/mol. The normalized spacial score (nSPS) is 14.1. The molecule has 0 fully saturated rings. The Morgan fingerprint density at radius 2 is 1.46 bits per heavy atom. The topological polar surface area (TPSA) is 29.3 Å². The van der Waals surface area contributed by atoms with E-state index in [9.17, 15) is 0 Å². The standard InChI is InChI=1S/C11H26N2/c1-5-10(6-2)13(4)11(7-3)8-9-12/h10-11H,5-9,12H2,1-4H3. The summed E-state index contributed by atoms with van der Waals surface area (Å²) >= 11 is 0. The molecule has 1 unspecified atom stereocenters. The van der Waals surface area contributed by atoms with E-state index in [0.29, 0.717) is 6.04 Å². The minimum absolute atomic E-state index is 0.676. The summed E-state index contributed by atoms with van der Waals surface area (Å²) in [6, 6.07) is 1.41. The highest BCUT2D eigenvalue weighted by Crippen LogP contribution is 2.14. The molecule has 0 aromatic heterocycles. The van der Waals surface area contributed by atoms with E-state index in [1.165, 1.54) is 19.3 Å². The van der Waals surface area contributed by atoms with Gasteiger partial charge in [-0.25, -0.2) is 0 Å². The Hall–Kier alpha value is -0.0800. The molecule has 2 N–H and O–H groups in total. The van der Waals surface area contributed by atoms with Crippen LogP contribution in [0.1, 0.15) is 46.5 Å². The lowest BCUT2D eigenvalue weighted by molar-refractivity contribution is 0.153. The molecule has 2 nitrogen and oxygen atoms in total. The minimum atomic E-state index is 0.676. The molecule has 80 valence electrons. The Morgan fingerprint density at radius 1 is 1.00 bits per heavy atom. The molecule has 0 aromatic carbocycles. The Kier molecular flexibility index (Phi) is 7.29. The summed E-state index contributed by atoms with van der Waals surface area (Å²) in [5.74, 6) is 0. The van der Waals surface area contributed by atoms with Gasteiger partial charge in [-0.15, -0.1) is 0 Å². The fraction of sp³-hybridized carbons (Fsp3) is 1.00. The molecular formula is C11H26N2. The van der Waals surface area contributed by atoms with Crippen molar-refractivity contribution in [3.05, 3.63) is 0 Å². The fourth-order valence-corrected chi connectivity index (χ4v) is 2.05. The van der Waals surface area contributed by atoms with E-state index in [4.69, 9.17) is 5.73 Å². The Bertz CT molecular complexity index is 111. The summed E-state index contributed by atoms with van der Waals surface area (Å²) in [5, 5.41) is 0. The van der Waals surface area contributed by atoms with Gasteiger partial charge in [-0.2, -0.15) is 0 Å². The first kappa shape index (κ1) is 12.9. The van der Waals surface area contributed by atoms with Gasteiger partial charge in [0.05, 0.1) is 0 Å². The van der Waals surface area contributed by atoms with Gasteiger partial charge in [0.15, 0.2) is 0 Å².